The van der Waals surface area contributed by atoms with Gasteiger partial charge in [0.05, 0.1) is 11.2 Å². The lowest BCUT2D eigenvalue weighted by Gasteiger charge is -2.73. The molecule has 35 heavy (non-hydrogen) atoms. The maximum Gasteiger partial charge on any atom is 0.433 e. The van der Waals surface area contributed by atoms with Crippen LogP contribution >= 0.6 is 11.6 Å². The van der Waals surface area contributed by atoms with E-state index >= 15 is 0 Å². The highest BCUT2D eigenvalue weighted by Gasteiger charge is 2.72. The van der Waals surface area contributed by atoms with Crippen LogP contribution in [-0.2, 0) is 15.8 Å². The molecule has 3 aliphatic carbocycles. The normalized spacial score (nSPS) is 27.2. The van der Waals surface area contributed by atoms with Crippen molar-refractivity contribution in [3.05, 3.63) is 53.1 Å². The Morgan fingerprint density at radius 3 is 2.54 bits per heavy atom. The molecule has 12 heteroatoms. The van der Waals surface area contributed by atoms with Crippen molar-refractivity contribution in [1.82, 2.24) is 15.2 Å². The predicted octanol–water partition coefficient (Wildman–Crippen LogP) is 3.74. The van der Waals surface area contributed by atoms with Crippen LogP contribution in [0.1, 0.15) is 31.4 Å². The molecule has 1 aliphatic heterocycles. The smallest absolute Gasteiger partial charge is 0.433 e. The molecule has 1 N–H and O–H groups in total. The quantitative estimate of drug-likeness (QED) is 0.571. The molecule has 4 fully saturated rings. The number of carbonyl (C=O) groups is 2. The molecule has 4 aliphatic rings. The van der Waals surface area contributed by atoms with Gasteiger partial charge < -0.3 is 19.7 Å². The number of aromatic nitrogens is 1. The van der Waals surface area contributed by atoms with Gasteiger partial charge in [-0.2, -0.15) is 13.2 Å². The van der Waals surface area contributed by atoms with Crippen LogP contribution in [-0.4, -0.2) is 52.0 Å². The number of hydrogen-bond acceptors (Lipinski definition) is 5. The Morgan fingerprint density at radius 2 is 1.91 bits per heavy atom. The lowest BCUT2D eigenvalue weighted by Crippen LogP contribution is -2.84. The molecule has 186 valence electrons. The van der Waals surface area contributed by atoms with E-state index < -0.39 is 29.3 Å². The number of hydrogen-bond donors (Lipinski definition) is 1. The molecule has 2 heterocycles. The Labute approximate surface area is 202 Å². The van der Waals surface area contributed by atoms with Gasteiger partial charge in [0.1, 0.15) is 23.0 Å². The molecular weight excluding hydrogens is 494 g/mol. The van der Waals surface area contributed by atoms with Crippen LogP contribution in [0.2, 0.25) is 5.02 Å². The second-order valence-corrected chi connectivity index (χ2v) is 9.62. The molecular formula is C23H20ClF4N3O4. The van der Waals surface area contributed by atoms with Crippen molar-refractivity contribution in [3.63, 3.8) is 0 Å². The molecule has 6 rings (SSSR count). The van der Waals surface area contributed by atoms with Gasteiger partial charge in [0.25, 0.3) is 11.8 Å². The van der Waals surface area contributed by atoms with Gasteiger partial charge in [-0.05, 0) is 43.5 Å². The van der Waals surface area contributed by atoms with Gasteiger partial charge in [0.2, 0.25) is 0 Å². The van der Waals surface area contributed by atoms with E-state index in [1.807, 2.05) is 0 Å². The highest BCUT2D eigenvalue weighted by atomic mass is 35.5. The molecule has 2 aromatic rings. The van der Waals surface area contributed by atoms with Crippen molar-refractivity contribution >= 4 is 23.4 Å². The highest BCUT2D eigenvalue weighted by Crippen LogP contribution is 2.64. The lowest BCUT2D eigenvalue weighted by atomic mass is 9.43. The number of carbonyl (C=O) groups excluding carboxylic acids is 2. The van der Waals surface area contributed by atoms with Crippen LogP contribution in [0.15, 0.2) is 36.5 Å². The number of nitrogens with one attached hydrogen (secondary N) is 1. The van der Waals surface area contributed by atoms with Crippen molar-refractivity contribution in [2.24, 2.45) is 0 Å². The van der Waals surface area contributed by atoms with E-state index in [1.54, 1.807) is 4.90 Å². The fourth-order valence-corrected chi connectivity index (χ4v) is 5.33. The van der Waals surface area contributed by atoms with Crippen LogP contribution in [0.4, 0.5) is 17.6 Å². The Bertz CT molecular complexity index is 1150. The summed E-state index contributed by atoms with van der Waals surface area (Å²) in [4.78, 5) is 30.3. The average molecular weight is 514 g/mol. The minimum Gasteiger partial charge on any atom is -0.484 e. The molecule has 1 aromatic heterocycles. The number of ether oxygens (including phenoxy) is 2. The fourth-order valence-electron chi connectivity index (χ4n) is 5.22. The number of alkyl halides is 3. The van der Waals surface area contributed by atoms with E-state index in [9.17, 15) is 27.2 Å². The molecule has 7 nitrogen and oxygen atoms in total. The van der Waals surface area contributed by atoms with E-state index in [-0.39, 0.29) is 40.5 Å². The summed E-state index contributed by atoms with van der Waals surface area (Å²) in [6.45, 7) is 0.183. The first-order chi connectivity index (χ1) is 16.5. The van der Waals surface area contributed by atoms with Crippen LogP contribution in [0, 0.1) is 5.82 Å². The third kappa shape index (κ3) is 4.37. The second kappa shape index (κ2) is 8.25. The Balaban J connectivity index is 1.10. The Morgan fingerprint density at radius 1 is 1.20 bits per heavy atom. The summed E-state index contributed by atoms with van der Waals surface area (Å²) < 4.78 is 62.4. The zero-order valence-electron chi connectivity index (χ0n) is 18.2. The fraction of sp³-hybridized carbons (Fsp3) is 0.435. The number of rotatable bonds is 7. The monoisotopic (exact) mass is 513 g/mol. The van der Waals surface area contributed by atoms with Crippen LogP contribution < -0.4 is 14.8 Å². The van der Waals surface area contributed by atoms with Gasteiger partial charge in [-0.1, -0.05) is 11.6 Å². The van der Waals surface area contributed by atoms with Crippen LogP contribution in [0.25, 0.3) is 0 Å². The Hall–Kier alpha value is -3.08. The van der Waals surface area contributed by atoms with E-state index in [2.05, 4.69) is 10.3 Å². The summed E-state index contributed by atoms with van der Waals surface area (Å²) in [5, 5.41) is 2.89. The molecule has 2 bridgehead atoms. The van der Waals surface area contributed by atoms with E-state index in [4.69, 9.17) is 21.1 Å². The SMILES string of the molecule is O=C(COc1ccc(Cl)c(F)c1)NC12CC(N3CCC(Oc4ccc(C(F)(F)F)nc4)C3=O)(C1)C2. The number of halogens is 5. The molecule has 1 atom stereocenters. The van der Waals surface area contributed by atoms with Gasteiger partial charge in [0.15, 0.2) is 12.7 Å². The van der Waals surface area contributed by atoms with Gasteiger partial charge >= 0.3 is 6.18 Å². The third-order valence-electron chi connectivity index (χ3n) is 6.70. The van der Waals surface area contributed by atoms with Gasteiger partial charge in [0, 0.05) is 30.1 Å². The molecule has 1 unspecified atom stereocenters. The first-order valence-electron chi connectivity index (χ1n) is 10.9. The van der Waals surface area contributed by atoms with Gasteiger partial charge in [-0.25, -0.2) is 9.37 Å². The van der Waals surface area contributed by atoms with E-state index in [0.29, 0.717) is 32.2 Å². The largest absolute Gasteiger partial charge is 0.484 e. The molecule has 0 radical (unpaired) electrons. The van der Waals surface area contributed by atoms with Crippen molar-refractivity contribution in [2.45, 2.75) is 49.0 Å². The minimum atomic E-state index is -4.55. The summed E-state index contributed by atoms with van der Waals surface area (Å²) >= 11 is 5.62. The lowest BCUT2D eigenvalue weighted by molar-refractivity contribution is -0.188. The predicted molar refractivity (Wildman–Crippen MR) is 114 cm³/mol. The maximum absolute atomic E-state index is 13.5. The number of pyridine rings is 1. The van der Waals surface area contributed by atoms with Crippen molar-refractivity contribution in [2.75, 3.05) is 13.2 Å². The second-order valence-electron chi connectivity index (χ2n) is 9.21. The summed E-state index contributed by atoms with van der Waals surface area (Å²) in [5.74, 6) is -0.929. The van der Waals surface area contributed by atoms with Gasteiger partial charge in [-0.3, -0.25) is 9.59 Å². The van der Waals surface area contributed by atoms with Crippen LogP contribution in [0.3, 0.4) is 0 Å². The standard InChI is InChI=1S/C23H20ClF4N3O4/c24-15-3-1-13(7-16(15)25)34-9-19(32)30-21-10-22(11-21,12-21)31-6-5-17(20(31)33)35-14-2-4-18(29-8-14)23(26,27)28/h1-4,7-8,17H,5-6,9-12H2,(H,30,32). The van der Waals surface area contributed by atoms with E-state index in [0.717, 1.165) is 24.4 Å². The first kappa shape index (κ1) is 23.7. The zero-order chi connectivity index (χ0) is 25.0. The topological polar surface area (TPSA) is 80.8 Å². The van der Waals surface area contributed by atoms with Gasteiger partial charge in [-0.15, -0.1) is 0 Å². The average Bonchev–Trinajstić information content (AvgIpc) is 3.10. The van der Waals surface area contributed by atoms with Crippen LogP contribution in [0.5, 0.6) is 11.5 Å². The van der Waals surface area contributed by atoms with Crippen molar-refractivity contribution in [3.8, 4) is 11.5 Å². The van der Waals surface area contributed by atoms with E-state index in [1.165, 1.54) is 12.1 Å². The zero-order valence-corrected chi connectivity index (χ0v) is 19.0. The number of nitrogens with zero attached hydrogens (tertiary/aromatic N) is 2. The number of benzene rings is 1. The summed E-state index contributed by atoms with van der Waals surface area (Å²) in [5.41, 5.74) is -1.78. The maximum atomic E-state index is 13.5. The number of likely N-dealkylation sites (tertiary alicyclic amines) is 1. The molecule has 3 saturated carbocycles. The molecule has 0 spiro atoms. The Kier molecular flexibility index (Phi) is 5.58. The first-order valence-corrected chi connectivity index (χ1v) is 11.3. The molecule has 1 saturated heterocycles. The molecule has 1 aromatic carbocycles. The van der Waals surface area contributed by atoms with Crippen molar-refractivity contribution < 1.29 is 36.6 Å². The number of amides is 2. The summed E-state index contributed by atoms with van der Waals surface area (Å²) in [6.07, 6.45) is -2.17. The summed E-state index contributed by atoms with van der Waals surface area (Å²) in [7, 11) is 0. The highest BCUT2D eigenvalue weighted by molar-refractivity contribution is 6.30. The minimum absolute atomic E-state index is 0.0407. The molecule has 2 amide bonds. The third-order valence-corrected chi connectivity index (χ3v) is 7.01. The van der Waals surface area contributed by atoms with Crippen molar-refractivity contribution in [1.29, 1.82) is 0 Å². The summed E-state index contributed by atoms with van der Waals surface area (Å²) in [6, 6.07) is 5.87.